The predicted octanol–water partition coefficient (Wildman–Crippen LogP) is 4.44. The molecule has 1 amide bonds. The first kappa shape index (κ1) is 23.5. The lowest BCUT2D eigenvalue weighted by atomic mass is 9.96. The first-order chi connectivity index (χ1) is 14.8. The van der Waals surface area contributed by atoms with Gasteiger partial charge in [0, 0.05) is 30.5 Å². The molecule has 2 heterocycles. The second-order valence-corrected chi connectivity index (χ2v) is 8.72. The van der Waals surface area contributed by atoms with Crippen molar-refractivity contribution in [3.8, 4) is 5.69 Å². The van der Waals surface area contributed by atoms with Crippen LogP contribution >= 0.6 is 0 Å². The number of benzene rings is 1. The number of amides is 1. The third-order valence-corrected chi connectivity index (χ3v) is 4.83. The van der Waals surface area contributed by atoms with Gasteiger partial charge in [-0.05, 0) is 37.6 Å². The fourth-order valence-corrected chi connectivity index (χ4v) is 3.17. The van der Waals surface area contributed by atoms with E-state index in [1.54, 1.807) is 26.0 Å². The molecule has 10 heteroatoms. The van der Waals surface area contributed by atoms with E-state index in [1.807, 2.05) is 20.8 Å². The van der Waals surface area contributed by atoms with Crippen molar-refractivity contribution in [3.05, 3.63) is 58.5 Å². The lowest BCUT2D eigenvalue weighted by Crippen LogP contribution is -2.25. The van der Waals surface area contributed by atoms with Crippen LogP contribution in [0.1, 0.15) is 61.4 Å². The molecule has 2 aromatic heterocycles. The Hall–Kier alpha value is -3.17. The minimum absolute atomic E-state index is 0.0241. The average molecular weight is 449 g/mol. The van der Waals surface area contributed by atoms with Gasteiger partial charge in [0.25, 0.3) is 0 Å². The molecule has 0 unspecified atom stereocenters. The molecule has 3 aromatic rings. The molecule has 32 heavy (non-hydrogen) atoms. The number of hydrogen-bond acceptors (Lipinski definition) is 5. The van der Waals surface area contributed by atoms with Crippen LogP contribution in [-0.4, -0.2) is 25.8 Å². The number of nitrogens with one attached hydrogen (secondary N) is 1. The molecule has 0 saturated carbocycles. The van der Waals surface area contributed by atoms with Crippen LogP contribution in [0.5, 0.6) is 0 Å². The number of aryl methyl sites for hydroxylation is 3. The highest BCUT2D eigenvalue weighted by molar-refractivity contribution is 5.76. The Labute approximate surface area is 184 Å². The van der Waals surface area contributed by atoms with Gasteiger partial charge >= 0.3 is 6.18 Å². The molecule has 0 aliphatic rings. The van der Waals surface area contributed by atoms with Gasteiger partial charge in [0.2, 0.25) is 11.8 Å². The van der Waals surface area contributed by atoms with Crippen LogP contribution in [0, 0.1) is 13.8 Å². The Morgan fingerprint density at radius 3 is 2.44 bits per heavy atom. The van der Waals surface area contributed by atoms with Crippen molar-refractivity contribution in [2.75, 3.05) is 0 Å². The molecule has 3 rings (SSSR count). The van der Waals surface area contributed by atoms with E-state index in [0.29, 0.717) is 23.1 Å². The molecule has 7 nitrogen and oxygen atoms in total. The smallest absolute Gasteiger partial charge is 0.352 e. The van der Waals surface area contributed by atoms with Gasteiger partial charge in [-0.3, -0.25) is 4.79 Å². The third kappa shape index (κ3) is 5.54. The summed E-state index contributed by atoms with van der Waals surface area (Å²) in [5.41, 5.74) is 0.635. The lowest BCUT2D eigenvalue weighted by Gasteiger charge is -2.16. The summed E-state index contributed by atoms with van der Waals surface area (Å²) in [6.45, 7) is 9.11. The van der Waals surface area contributed by atoms with Crippen LogP contribution in [0.2, 0.25) is 0 Å². The third-order valence-electron chi connectivity index (χ3n) is 4.83. The topological polar surface area (TPSA) is 85.8 Å². The lowest BCUT2D eigenvalue weighted by molar-refractivity contribution is -0.138. The van der Waals surface area contributed by atoms with Gasteiger partial charge in [-0.25, -0.2) is 4.68 Å². The van der Waals surface area contributed by atoms with Crippen LogP contribution in [0.4, 0.5) is 13.2 Å². The molecule has 0 radical (unpaired) electrons. The molecule has 0 saturated heterocycles. The molecule has 0 spiro atoms. The quantitative estimate of drug-likeness (QED) is 0.601. The van der Waals surface area contributed by atoms with E-state index < -0.39 is 17.6 Å². The Balaban J connectivity index is 1.68. The molecule has 0 bridgehead atoms. The van der Waals surface area contributed by atoms with E-state index >= 15 is 0 Å². The van der Waals surface area contributed by atoms with Gasteiger partial charge in [0.1, 0.15) is 0 Å². The average Bonchev–Trinajstić information content (AvgIpc) is 3.30. The zero-order valence-corrected chi connectivity index (χ0v) is 18.7. The van der Waals surface area contributed by atoms with Crippen LogP contribution in [0.3, 0.4) is 0 Å². The largest absolute Gasteiger partial charge is 0.416 e. The molecule has 0 atom stereocenters. The standard InChI is InChI=1S/C22H26F3N5O2/c1-13-10-14(2)30(28-13)16-7-6-15(17(11-16)22(23,24)25)12-26-18(31)8-9-19-27-20(29-32-19)21(3,4)5/h6-7,10-11H,8-9,12H2,1-5H3,(H,26,31). The van der Waals surface area contributed by atoms with Crippen molar-refractivity contribution in [1.29, 1.82) is 0 Å². The van der Waals surface area contributed by atoms with Gasteiger partial charge < -0.3 is 9.84 Å². The molecular weight excluding hydrogens is 423 g/mol. The van der Waals surface area contributed by atoms with E-state index in [0.717, 1.165) is 11.8 Å². The number of carbonyl (C=O) groups is 1. The monoisotopic (exact) mass is 449 g/mol. The van der Waals surface area contributed by atoms with Crippen molar-refractivity contribution in [3.63, 3.8) is 0 Å². The summed E-state index contributed by atoms with van der Waals surface area (Å²) in [6.07, 6.45) is -4.34. The van der Waals surface area contributed by atoms with Crippen LogP contribution in [0.15, 0.2) is 28.8 Å². The molecule has 1 aromatic carbocycles. The molecule has 172 valence electrons. The van der Waals surface area contributed by atoms with Gasteiger partial charge in [-0.2, -0.15) is 23.3 Å². The summed E-state index contributed by atoms with van der Waals surface area (Å²) in [5.74, 6) is 0.442. The van der Waals surface area contributed by atoms with Gasteiger partial charge in [-0.15, -0.1) is 0 Å². The molecule has 0 fully saturated rings. The van der Waals surface area contributed by atoms with Crippen LogP contribution in [0.25, 0.3) is 5.69 Å². The summed E-state index contributed by atoms with van der Waals surface area (Å²) < 4.78 is 47.6. The number of alkyl halides is 3. The Morgan fingerprint density at radius 2 is 1.88 bits per heavy atom. The summed E-state index contributed by atoms with van der Waals surface area (Å²) in [5, 5.41) is 10.7. The van der Waals surface area contributed by atoms with Gasteiger partial charge in [-0.1, -0.05) is 32.0 Å². The number of nitrogens with zero attached hydrogens (tertiary/aromatic N) is 4. The normalized spacial score (nSPS) is 12.2. The first-order valence-corrected chi connectivity index (χ1v) is 10.2. The van der Waals surface area contributed by atoms with Crippen molar-refractivity contribution >= 4 is 5.91 Å². The molecule has 0 aliphatic carbocycles. The summed E-state index contributed by atoms with van der Waals surface area (Å²) in [4.78, 5) is 16.4. The highest BCUT2D eigenvalue weighted by atomic mass is 19.4. The Morgan fingerprint density at radius 1 is 1.16 bits per heavy atom. The Kier molecular flexibility index (Phi) is 6.43. The summed E-state index contributed by atoms with van der Waals surface area (Å²) in [7, 11) is 0. The minimum atomic E-state index is -4.57. The van der Waals surface area contributed by atoms with Gasteiger partial charge in [0.15, 0.2) is 5.82 Å². The highest BCUT2D eigenvalue weighted by Gasteiger charge is 2.34. The molecule has 0 aliphatic heterocycles. The fraction of sp³-hybridized carbons (Fsp3) is 0.455. The van der Waals surface area contributed by atoms with Crippen LogP contribution in [-0.2, 0) is 29.4 Å². The predicted molar refractivity (Wildman–Crippen MR) is 111 cm³/mol. The number of hydrogen-bond donors (Lipinski definition) is 1. The first-order valence-electron chi connectivity index (χ1n) is 10.2. The summed E-state index contributed by atoms with van der Waals surface area (Å²) >= 11 is 0. The minimum Gasteiger partial charge on any atom is -0.352 e. The maximum absolute atomic E-state index is 13.7. The van der Waals surface area contributed by atoms with E-state index in [4.69, 9.17) is 4.52 Å². The maximum Gasteiger partial charge on any atom is 0.416 e. The Bertz CT molecular complexity index is 1110. The van der Waals surface area contributed by atoms with Crippen molar-refractivity contribution in [2.24, 2.45) is 0 Å². The second kappa shape index (κ2) is 8.76. The zero-order valence-electron chi connectivity index (χ0n) is 18.7. The number of carbonyl (C=O) groups excluding carboxylic acids is 1. The maximum atomic E-state index is 13.7. The number of halogens is 3. The fourth-order valence-electron chi connectivity index (χ4n) is 3.17. The zero-order chi connectivity index (χ0) is 23.7. The van der Waals surface area contributed by atoms with Crippen LogP contribution < -0.4 is 5.32 Å². The number of rotatable bonds is 6. The van der Waals surface area contributed by atoms with E-state index in [9.17, 15) is 18.0 Å². The SMILES string of the molecule is Cc1cc(C)n(-c2ccc(CNC(=O)CCc3nc(C(C)(C)C)no3)c(C(F)(F)F)c2)n1. The van der Waals surface area contributed by atoms with Crippen molar-refractivity contribution < 1.29 is 22.5 Å². The van der Waals surface area contributed by atoms with E-state index in [-0.39, 0.29) is 30.4 Å². The van der Waals surface area contributed by atoms with E-state index in [1.165, 1.54) is 10.7 Å². The van der Waals surface area contributed by atoms with E-state index in [2.05, 4.69) is 20.6 Å². The molecule has 1 N–H and O–H groups in total. The second-order valence-electron chi connectivity index (χ2n) is 8.72. The highest BCUT2D eigenvalue weighted by Crippen LogP contribution is 2.33. The van der Waals surface area contributed by atoms with Gasteiger partial charge in [0.05, 0.1) is 16.9 Å². The summed E-state index contributed by atoms with van der Waals surface area (Å²) in [6, 6.07) is 5.76. The van der Waals surface area contributed by atoms with Crippen molar-refractivity contribution in [2.45, 2.75) is 65.6 Å². The molecular formula is C22H26F3N5O2. The van der Waals surface area contributed by atoms with Crippen molar-refractivity contribution in [1.82, 2.24) is 25.2 Å². The number of aromatic nitrogens is 4.